The molecule has 3 rings (SSSR count). The van der Waals surface area contributed by atoms with Crippen molar-refractivity contribution in [2.24, 2.45) is 0 Å². The van der Waals surface area contributed by atoms with Crippen LogP contribution in [-0.4, -0.2) is 36.1 Å². The average molecular weight is 269 g/mol. The quantitative estimate of drug-likeness (QED) is 0.925. The van der Waals surface area contributed by atoms with E-state index in [1.165, 1.54) is 23.8 Å². The van der Waals surface area contributed by atoms with Gasteiger partial charge in [0.1, 0.15) is 0 Å². The minimum atomic E-state index is 0.523. The third-order valence-corrected chi connectivity index (χ3v) is 4.20. The Bertz CT molecular complexity index is 556. The molecule has 1 aliphatic heterocycles. The predicted octanol–water partition coefficient (Wildman–Crippen LogP) is 2.98. The number of piperazine rings is 1. The van der Waals surface area contributed by atoms with Crippen LogP contribution < -0.4 is 5.32 Å². The molecule has 1 aromatic heterocycles. The van der Waals surface area contributed by atoms with Crippen LogP contribution >= 0.6 is 0 Å². The Morgan fingerprint density at radius 3 is 2.80 bits per heavy atom. The number of hydrogen-bond donors (Lipinski definition) is 1. The average Bonchev–Trinajstić information content (AvgIpc) is 2.53. The molecule has 3 nitrogen and oxygen atoms in total. The molecule has 3 heteroatoms. The van der Waals surface area contributed by atoms with Gasteiger partial charge in [-0.2, -0.15) is 0 Å². The van der Waals surface area contributed by atoms with Gasteiger partial charge in [0, 0.05) is 43.8 Å². The molecule has 1 aromatic carbocycles. The third kappa shape index (κ3) is 2.69. The summed E-state index contributed by atoms with van der Waals surface area (Å²) in [4.78, 5) is 7.13. The van der Waals surface area contributed by atoms with E-state index < -0.39 is 0 Å². The highest BCUT2D eigenvalue weighted by Crippen LogP contribution is 2.30. The van der Waals surface area contributed by atoms with E-state index >= 15 is 0 Å². The van der Waals surface area contributed by atoms with E-state index in [4.69, 9.17) is 0 Å². The Morgan fingerprint density at radius 1 is 1.20 bits per heavy atom. The van der Waals surface area contributed by atoms with E-state index in [-0.39, 0.29) is 0 Å². The Kier molecular flexibility index (Phi) is 4.28. The molecule has 1 aliphatic rings. The first-order valence-electron chi connectivity index (χ1n) is 7.68. The number of benzene rings is 1. The number of nitrogens with zero attached hydrogens (tertiary/aromatic N) is 2. The van der Waals surface area contributed by atoms with Crippen molar-refractivity contribution >= 4 is 10.9 Å². The molecular weight excluding hydrogens is 246 g/mol. The topological polar surface area (TPSA) is 28.2 Å². The van der Waals surface area contributed by atoms with Crippen LogP contribution in [0.2, 0.25) is 0 Å². The van der Waals surface area contributed by atoms with Crippen molar-refractivity contribution in [2.75, 3.05) is 26.2 Å². The second-order valence-electron chi connectivity index (χ2n) is 5.51. The van der Waals surface area contributed by atoms with Gasteiger partial charge in [-0.05, 0) is 24.1 Å². The lowest BCUT2D eigenvalue weighted by molar-refractivity contribution is 0.165. The van der Waals surface area contributed by atoms with Gasteiger partial charge < -0.3 is 5.32 Å². The van der Waals surface area contributed by atoms with Crippen molar-refractivity contribution < 1.29 is 0 Å². The number of rotatable bonds is 4. The van der Waals surface area contributed by atoms with Gasteiger partial charge in [0.05, 0.1) is 5.52 Å². The van der Waals surface area contributed by atoms with Gasteiger partial charge in [-0.3, -0.25) is 9.88 Å². The van der Waals surface area contributed by atoms with Crippen molar-refractivity contribution in [3.8, 4) is 0 Å². The monoisotopic (exact) mass is 269 g/mol. The first-order valence-corrected chi connectivity index (χ1v) is 7.68. The minimum Gasteiger partial charge on any atom is -0.314 e. The van der Waals surface area contributed by atoms with Gasteiger partial charge in [0.15, 0.2) is 0 Å². The smallest absolute Gasteiger partial charge is 0.0705 e. The maximum atomic E-state index is 4.50. The molecule has 2 heterocycles. The van der Waals surface area contributed by atoms with Crippen molar-refractivity contribution in [3.63, 3.8) is 0 Å². The van der Waals surface area contributed by atoms with Crippen molar-refractivity contribution in [3.05, 3.63) is 42.1 Å². The molecule has 0 spiro atoms. The van der Waals surface area contributed by atoms with Gasteiger partial charge in [-0.15, -0.1) is 0 Å². The fraction of sp³-hybridized carbons (Fsp3) is 0.471. The molecule has 1 fully saturated rings. The number of para-hydroxylation sites is 1. The van der Waals surface area contributed by atoms with Gasteiger partial charge in [-0.25, -0.2) is 0 Å². The SMILES string of the molecule is CCC[C@@H](c1ccnc2ccccc12)N1CCNCC1. The molecule has 2 aromatic rings. The molecule has 20 heavy (non-hydrogen) atoms. The van der Waals surface area contributed by atoms with E-state index in [0.717, 1.165) is 31.7 Å². The standard InChI is InChI=1S/C17H23N3/c1-2-5-17(20-12-10-18-11-13-20)15-8-9-19-16-7-4-3-6-14(15)16/h3-4,6-9,17-18H,2,5,10-13H2,1H3/t17-/m0/s1. The van der Waals surface area contributed by atoms with Crippen molar-refractivity contribution in [1.29, 1.82) is 0 Å². The van der Waals surface area contributed by atoms with Crippen LogP contribution in [0.15, 0.2) is 36.5 Å². The van der Waals surface area contributed by atoms with Crippen molar-refractivity contribution in [1.82, 2.24) is 15.2 Å². The fourth-order valence-electron chi connectivity index (χ4n) is 3.21. The summed E-state index contributed by atoms with van der Waals surface area (Å²) in [5, 5.41) is 4.76. The lowest BCUT2D eigenvalue weighted by Crippen LogP contribution is -2.45. The van der Waals surface area contributed by atoms with Crippen LogP contribution in [0.25, 0.3) is 10.9 Å². The lowest BCUT2D eigenvalue weighted by Gasteiger charge is -2.35. The summed E-state index contributed by atoms with van der Waals surface area (Å²) < 4.78 is 0. The molecule has 1 N–H and O–H groups in total. The van der Waals surface area contributed by atoms with Gasteiger partial charge in [0.2, 0.25) is 0 Å². The molecule has 0 amide bonds. The first kappa shape index (κ1) is 13.5. The second-order valence-corrected chi connectivity index (χ2v) is 5.51. The molecule has 0 unspecified atom stereocenters. The lowest BCUT2D eigenvalue weighted by atomic mass is 9.96. The van der Waals surface area contributed by atoms with Crippen LogP contribution in [0.1, 0.15) is 31.4 Å². The summed E-state index contributed by atoms with van der Waals surface area (Å²) in [6, 6.07) is 11.2. The van der Waals surface area contributed by atoms with Crippen LogP contribution in [0.4, 0.5) is 0 Å². The molecule has 0 bridgehead atoms. The van der Waals surface area contributed by atoms with Gasteiger partial charge in [-0.1, -0.05) is 31.5 Å². The zero-order valence-corrected chi connectivity index (χ0v) is 12.2. The summed E-state index contributed by atoms with van der Waals surface area (Å²) in [7, 11) is 0. The summed E-state index contributed by atoms with van der Waals surface area (Å²) >= 11 is 0. The Morgan fingerprint density at radius 2 is 2.00 bits per heavy atom. The molecular formula is C17H23N3. The maximum absolute atomic E-state index is 4.50. The van der Waals surface area contributed by atoms with Crippen LogP contribution in [0.3, 0.4) is 0 Å². The fourth-order valence-corrected chi connectivity index (χ4v) is 3.21. The molecule has 1 saturated heterocycles. The highest BCUT2D eigenvalue weighted by Gasteiger charge is 2.22. The maximum Gasteiger partial charge on any atom is 0.0705 e. The Hall–Kier alpha value is -1.45. The Balaban J connectivity index is 2.00. The van der Waals surface area contributed by atoms with Gasteiger partial charge >= 0.3 is 0 Å². The van der Waals surface area contributed by atoms with Gasteiger partial charge in [0.25, 0.3) is 0 Å². The second kappa shape index (κ2) is 6.33. The molecule has 0 saturated carbocycles. The summed E-state index contributed by atoms with van der Waals surface area (Å²) in [5.41, 5.74) is 2.56. The molecule has 106 valence electrons. The Labute approximate surface area is 121 Å². The summed E-state index contributed by atoms with van der Waals surface area (Å²) in [6.07, 6.45) is 4.39. The van der Waals surface area contributed by atoms with Crippen LogP contribution in [0, 0.1) is 0 Å². The largest absolute Gasteiger partial charge is 0.314 e. The van der Waals surface area contributed by atoms with Crippen LogP contribution in [-0.2, 0) is 0 Å². The number of fused-ring (bicyclic) bond motifs is 1. The number of pyridine rings is 1. The van der Waals surface area contributed by atoms with E-state index in [1.54, 1.807) is 0 Å². The van der Waals surface area contributed by atoms with Crippen LogP contribution in [0.5, 0.6) is 0 Å². The predicted molar refractivity (Wildman–Crippen MR) is 83.8 cm³/mol. The van der Waals surface area contributed by atoms with E-state index in [9.17, 15) is 0 Å². The summed E-state index contributed by atoms with van der Waals surface area (Å²) in [5.74, 6) is 0. The minimum absolute atomic E-state index is 0.523. The highest BCUT2D eigenvalue weighted by atomic mass is 15.2. The third-order valence-electron chi connectivity index (χ3n) is 4.20. The van der Waals surface area contributed by atoms with Crippen molar-refractivity contribution in [2.45, 2.75) is 25.8 Å². The summed E-state index contributed by atoms with van der Waals surface area (Å²) in [6.45, 7) is 6.76. The molecule has 1 atom stereocenters. The zero-order valence-electron chi connectivity index (χ0n) is 12.2. The first-order chi connectivity index (χ1) is 9.90. The highest BCUT2D eigenvalue weighted by molar-refractivity contribution is 5.82. The molecule has 0 radical (unpaired) electrons. The normalized spacial score (nSPS) is 18.2. The number of aromatic nitrogens is 1. The zero-order chi connectivity index (χ0) is 13.8. The van der Waals surface area contributed by atoms with E-state index in [2.05, 4.69) is 52.5 Å². The number of nitrogens with one attached hydrogen (secondary N) is 1. The van der Waals surface area contributed by atoms with E-state index in [1.807, 2.05) is 6.20 Å². The molecule has 0 aliphatic carbocycles. The van der Waals surface area contributed by atoms with E-state index in [0.29, 0.717) is 6.04 Å². The number of hydrogen-bond acceptors (Lipinski definition) is 3.